The highest BCUT2D eigenvalue weighted by Gasteiger charge is 2.13. The van der Waals surface area contributed by atoms with E-state index in [1.165, 1.54) is 24.3 Å². The maximum absolute atomic E-state index is 11.8. The third-order valence-corrected chi connectivity index (χ3v) is 2.44. The smallest absolute Gasteiger partial charge is 0.268 e. The quantitative estimate of drug-likeness (QED) is 0.607. The van der Waals surface area contributed by atoms with Crippen LogP contribution in [-0.2, 0) is 0 Å². The summed E-state index contributed by atoms with van der Waals surface area (Å²) in [7, 11) is 0. The second-order valence-electron chi connectivity index (χ2n) is 3.84. The maximum Gasteiger partial charge on any atom is 0.268 e. The van der Waals surface area contributed by atoms with Gasteiger partial charge in [0, 0.05) is 12.1 Å². The van der Waals surface area contributed by atoms with Gasteiger partial charge in [0.15, 0.2) is 0 Å². The van der Waals surface area contributed by atoms with Crippen LogP contribution in [0.1, 0.15) is 29.1 Å². The minimum Gasteiger partial charge on any atom is -0.343 e. The number of rotatable bonds is 3. The molecule has 0 aromatic carbocycles. The van der Waals surface area contributed by atoms with Gasteiger partial charge < -0.3 is 15.4 Å². The second-order valence-corrected chi connectivity index (χ2v) is 3.84. The van der Waals surface area contributed by atoms with Gasteiger partial charge in [-0.2, -0.15) is 0 Å². The summed E-state index contributed by atoms with van der Waals surface area (Å²) in [6.45, 7) is 1.72. The van der Waals surface area contributed by atoms with E-state index >= 15 is 0 Å². The van der Waals surface area contributed by atoms with Crippen LogP contribution < -0.4 is 16.4 Å². The van der Waals surface area contributed by atoms with Crippen LogP contribution in [-0.4, -0.2) is 21.1 Å². The van der Waals surface area contributed by atoms with Crippen molar-refractivity contribution in [3.05, 3.63) is 56.4 Å². The highest BCUT2D eigenvalue weighted by Crippen LogP contribution is 2.06. The van der Waals surface area contributed by atoms with E-state index in [1.54, 1.807) is 6.92 Å². The first-order valence-electron chi connectivity index (χ1n) is 5.34. The lowest BCUT2D eigenvalue weighted by molar-refractivity contribution is 0.0934. The Balaban J connectivity index is 2.12. The van der Waals surface area contributed by atoms with Crippen LogP contribution in [0, 0.1) is 0 Å². The molecule has 2 aromatic rings. The molecular weight excluding hydrogens is 236 g/mol. The van der Waals surface area contributed by atoms with Crippen LogP contribution in [0.5, 0.6) is 0 Å². The van der Waals surface area contributed by atoms with E-state index < -0.39 is 5.91 Å². The summed E-state index contributed by atoms with van der Waals surface area (Å²) in [5.41, 5.74) is 0.128. The average molecular weight is 248 g/mol. The van der Waals surface area contributed by atoms with Gasteiger partial charge in [0.2, 0.25) is 5.56 Å². The molecule has 7 heteroatoms. The number of amides is 1. The first-order valence-corrected chi connectivity index (χ1v) is 5.34. The van der Waals surface area contributed by atoms with Crippen molar-refractivity contribution in [2.45, 2.75) is 13.0 Å². The number of H-pyrrole nitrogens is 3. The molecule has 94 valence electrons. The fourth-order valence-corrected chi connectivity index (χ4v) is 1.51. The normalized spacial score (nSPS) is 12.1. The van der Waals surface area contributed by atoms with E-state index in [2.05, 4.69) is 20.5 Å². The van der Waals surface area contributed by atoms with Gasteiger partial charge in [-0.15, -0.1) is 0 Å². The molecule has 2 heterocycles. The fourth-order valence-electron chi connectivity index (χ4n) is 1.51. The summed E-state index contributed by atoms with van der Waals surface area (Å²) in [6.07, 6.45) is 0. The molecule has 0 saturated heterocycles. The third-order valence-electron chi connectivity index (χ3n) is 2.44. The number of carbonyl (C=O) groups excluding carboxylic acids is 1. The van der Waals surface area contributed by atoms with Crippen molar-refractivity contribution >= 4 is 5.91 Å². The van der Waals surface area contributed by atoms with E-state index in [1.807, 2.05) is 0 Å². The summed E-state index contributed by atoms with van der Waals surface area (Å²) in [6, 6.07) is 5.31. The monoisotopic (exact) mass is 248 g/mol. The van der Waals surface area contributed by atoms with Crippen molar-refractivity contribution in [2.75, 3.05) is 0 Å². The number of aromatic amines is 3. The SMILES string of the molecule is CC(NC(=O)c1cccc(=O)[nH]1)c1cc(=O)[nH][nH]1. The van der Waals surface area contributed by atoms with Crippen molar-refractivity contribution in [2.24, 2.45) is 0 Å². The molecule has 4 N–H and O–H groups in total. The first-order chi connectivity index (χ1) is 8.56. The second kappa shape index (κ2) is 4.74. The van der Waals surface area contributed by atoms with Crippen LogP contribution >= 0.6 is 0 Å². The molecule has 0 spiro atoms. The number of hydrogen-bond donors (Lipinski definition) is 4. The minimum atomic E-state index is -0.415. The predicted octanol–water partition coefficient (Wildman–Crippen LogP) is -0.118. The summed E-state index contributed by atoms with van der Waals surface area (Å²) in [4.78, 5) is 36.2. The largest absolute Gasteiger partial charge is 0.343 e. The van der Waals surface area contributed by atoms with Gasteiger partial charge in [-0.3, -0.25) is 19.5 Å². The number of pyridine rings is 1. The van der Waals surface area contributed by atoms with Crippen LogP contribution in [0.3, 0.4) is 0 Å². The predicted molar refractivity (Wildman–Crippen MR) is 64.4 cm³/mol. The number of nitrogens with one attached hydrogen (secondary N) is 4. The Bertz CT molecular complexity index is 667. The topological polar surface area (TPSA) is 111 Å². The third kappa shape index (κ3) is 2.57. The Morgan fingerprint density at radius 2 is 2.00 bits per heavy atom. The molecule has 0 aliphatic rings. The van der Waals surface area contributed by atoms with Crippen molar-refractivity contribution in [1.29, 1.82) is 0 Å². The number of aromatic nitrogens is 3. The van der Waals surface area contributed by atoms with E-state index in [-0.39, 0.29) is 22.9 Å². The van der Waals surface area contributed by atoms with Crippen LogP contribution in [0.25, 0.3) is 0 Å². The van der Waals surface area contributed by atoms with Gasteiger partial charge in [0.25, 0.3) is 11.5 Å². The summed E-state index contributed by atoms with van der Waals surface area (Å²) in [5.74, 6) is -0.415. The van der Waals surface area contributed by atoms with Crippen LogP contribution in [0.4, 0.5) is 0 Å². The summed E-state index contributed by atoms with van der Waals surface area (Å²) < 4.78 is 0. The Kier molecular flexibility index (Phi) is 3.13. The molecule has 0 aliphatic carbocycles. The highest BCUT2D eigenvalue weighted by atomic mass is 16.2. The molecule has 1 atom stereocenters. The van der Waals surface area contributed by atoms with Crippen molar-refractivity contribution < 1.29 is 4.79 Å². The van der Waals surface area contributed by atoms with Crippen molar-refractivity contribution in [3.63, 3.8) is 0 Å². The number of carbonyl (C=O) groups is 1. The van der Waals surface area contributed by atoms with Crippen molar-refractivity contribution in [3.8, 4) is 0 Å². The van der Waals surface area contributed by atoms with Crippen LogP contribution in [0.2, 0.25) is 0 Å². The number of hydrogen-bond acceptors (Lipinski definition) is 3. The van der Waals surface area contributed by atoms with E-state index in [0.29, 0.717) is 5.69 Å². The Labute approximate surface area is 101 Å². The Hall–Kier alpha value is -2.57. The molecule has 0 fully saturated rings. The lowest BCUT2D eigenvalue weighted by atomic mass is 10.2. The van der Waals surface area contributed by atoms with Gasteiger partial charge in [-0.05, 0) is 13.0 Å². The Morgan fingerprint density at radius 3 is 2.61 bits per heavy atom. The zero-order valence-electron chi connectivity index (χ0n) is 9.61. The van der Waals surface area contributed by atoms with E-state index in [9.17, 15) is 14.4 Å². The zero-order valence-corrected chi connectivity index (χ0v) is 9.61. The van der Waals surface area contributed by atoms with Gasteiger partial charge in [0.05, 0.1) is 11.7 Å². The molecule has 2 aromatic heterocycles. The minimum absolute atomic E-state index is 0.173. The van der Waals surface area contributed by atoms with Crippen molar-refractivity contribution in [1.82, 2.24) is 20.5 Å². The molecule has 0 bridgehead atoms. The van der Waals surface area contributed by atoms with Gasteiger partial charge in [-0.25, -0.2) is 0 Å². The standard InChI is InChI=1S/C11H12N4O3/c1-6(8-5-10(17)15-14-8)12-11(18)7-3-2-4-9(16)13-7/h2-6H,1H3,(H,12,18)(H,13,16)(H2,14,15,17). The molecule has 18 heavy (non-hydrogen) atoms. The average Bonchev–Trinajstić information content (AvgIpc) is 2.76. The first kappa shape index (κ1) is 11.9. The summed E-state index contributed by atoms with van der Waals surface area (Å²) in [5, 5.41) is 7.69. The van der Waals surface area contributed by atoms with Crippen LogP contribution in [0.15, 0.2) is 33.9 Å². The lowest BCUT2D eigenvalue weighted by Crippen LogP contribution is -2.29. The van der Waals surface area contributed by atoms with Gasteiger partial charge in [0.1, 0.15) is 5.69 Å². The zero-order chi connectivity index (χ0) is 13.1. The molecule has 1 unspecified atom stereocenters. The molecule has 0 radical (unpaired) electrons. The van der Waals surface area contributed by atoms with E-state index in [4.69, 9.17) is 0 Å². The van der Waals surface area contributed by atoms with Gasteiger partial charge >= 0.3 is 0 Å². The maximum atomic E-state index is 11.8. The Morgan fingerprint density at radius 1 is 1.22 bits per heavy atom. The molecule has 2 rings (SSSR count). The molecular formula is C11H12N4O3. The van der Waals surface area contributed by atoms with Gasteiger partial charge in [-0.1, -0.05) is 6.07 Å². The highest BCUT2D eigenvalue weighted by molar-refractivity contribution is 5.92. The molecule has 7 nitrogen and oxygen atoms in total. The molecule has 0 saturated carbocycles. The molecule has 0 aliphatic heterocycles. The van der Waals surface area contributed by atoms with E-state index in [0.717, 1.165) is 0 Å². The molecule has 1 amide bonds. The summed E-state index contributed by atoms with van der Waals surface area (Å²) >= 11 is 0. The lowest BCUT2D eigenvalue weighted by Gasteiger charge is -2.11. The fraction of sp³-hybridized carbons (Fsp3) is 0.182.